The number of H-pyrrole nitrogens is 1. The molecule has 118 valence electrons. The minimum absolute atomic E-state index is 0.0614. The molecule has 0 amide bonds. The number of hydrogen-bond donors (Lipinski definition) is 2. The highest BCUT2D eigenvalue weighted by molar-refractivity contribution is 5.57. The van der Waals surface area contributed by atoms with E-state index < -0.39 is 0 Å². The molecule has 7 heteroatoms. The van der Waals surface area contributed by atoms with Crippen molar-refractivity contribution in [3.8, 4) is 23.4 Å². The van der Waals surface area contributed by atoms with E-state index in [0.717, 1.165) is 16.8 Å². The van der Waals surface area contributed by atoms with Crippen LogP contribution in [0.25, 0.3) is 0 Å². The number of nitrogens with zero attached hydrogens (tertiary/aromatic N) is 2. The summed E-state index contributed by atoms with van der Waals surface area (Å²) < 4.78 is 16.1. The highest BCUT2D eigenvalue weighted by atomic mass is 16.5. The van der Waals surface area contributed by atoms with Crippen molar-refractivity contribution in [1.29, 1.82) is 5.26 Å². The van der Waals surface area contributed by atoms with Crippen LogP contribution in [0, 0.1) is 18.3 Å². The summed E-state index contributed by atoms with van der Waals surface area (Å²) in [4.78, 5) is 0. The fraction of sp³-hybridized carbons (Fsp3) is 0.250. The summed E-state index contributed by atoms with van der Waals surface area (Å²) in [7, 11) is 3.14. The Morgan fingerprint density at radius 3 is 2.70 bits per heavy atom. The van der Waals surface area contributed by atoms with Crippen molar-refractivity contribution >= 4 is 0 Å². The summed E-state index contributed by atoms with van der Waals surface area (Å²) >= 11 is 0. The van der Waals surface area contributed by atoms with Crippen LogP contribution >= 0.6 is 0 Å². The van der Waals surface area contributed by atoms with Gasteiger partial charge in [0.2, 0.25) is 11.8 Å². The normalized spacial score (nSPS) is 16.3. The topological polar surface area (TPSA) is 106 Å². The molecule has 2 heterocycles. The second-order valence-corrected chi connectivity index (χ2v) is 5.11. The number of benzene rings is 1. The maximum absolute atomic E-state index is 9.52. The van der Waals surface area contributed by atoms with Crippen LogP contribution in [0.1, 0.15) is 22.7 Å². The van der Waals surface area contributed by atoms with Gasteiger partial charge in [0.05, 0.1) is 20.1 Å². The third-order valence-corrected chi connectivity index (χ3v) is 3.87. The molecule has 23 heavy (non-hydrogen) atoms. The van der Waals surface area contributed by atoms with Crippen molar-refractivity contribution in [3.05, 3.63) is 46.5 Å². The fourth-order valence-corrected chi connectivity index (χ4v) is 2.76. The molecule has 1 aliphatic rings. The molecule has 1 atom stereocenters. The fourth-order valence-electron chi connectivity index (χ4n) is 2.76. The quantitative estimate of drug-likeness (QED) is 0.897. The van der Waals surface area contributed by atoms with Crippen LogP contribution in [-0.4, -0.2) is 24.4 Å². The van der Waals surface area contributed by atoms with Crippen molar-refractivity contribution in [2.75, 3.05) is 14.2 Å². The number of aryl methyl sites for hydroxylation is 1. The molecular formula is C16H16N4O3. The molecule has 2 aromatic rings. The van der Waals surface area contributed by atoms with Gasteiger partial charge < -0.3 is 19.9 Å². The molecule has 1 aromatic heterocycles. The first-order chi connectivity index (χ1) is 11.1. The van der Waals surface area contributed by atoms with Crippen LogP contribution in [0.4, 0.5) is 0 Å². The van der Waals surface area contributed by atoms with Crippen molar-refractivity contribution in [2.45, 2.75) is 12.8 Å². The first-order valence-corrected chi connectivity index (χ1v) is 6.95. The first kappa shape index (κ1) is 14.8. The number of aromatic nitrogens is 2. The van der Waals surface area contributed by atoms with Crippen LogP contribution in [0.15, 0.2) is 29.7 Å². The molecule has 7 nitrogen and oxygen atoms in total. The van der Waals surface area contributed by atoms with E-state index in [1.807, 2.05) is 19.1 Å². The Balaban J connectivity index is 2.21. The zero-order valence-corrected chi connectivity index (χ0v) is 13.0. The van der Waals surface area contributed by atoms with Crippen molar-refractivity contribution < 1.29 is 14.2 Å². The van der Waals surface area contributed by atoms with E-state index in [4.69, 9.17) is 19.9 Å². The van der Waals surface area contributed by atoms with Crippen LogP contribution < -0.4 is 19.9 Å². The lowest BCUT2D eigenvalue weighted by Crippen LogP contribution is -2.21. The van der Waals surface area contributed by atoms with Crippen molar-refractivity contribution in [1.82, 2.24) is 10.2 Å². The SMILES string of the molecule is COc1ccc([C@@H]2C(C#N)=C(N)Oc3n[nH]c(C)c32)cc1OC. The lowest BCUT2D eigenvalue weighted by molar-refractivity contribution is 0.354. The second-order valence-electron chi connectivity index (χ2n) is 5.11. The van der Waals surface area contributed by atoms with E-state index in [1.54, 1.807) is 20.3 Å². The Bertz CT molecular complexity index is 832. The predicted molar refractivity (Wildman–Crippen MR) is 82.2 cm³/mol. The van der Waals surface area contributed by atoms with Gasteiger partial charge in [-0.1, -0.05) is 6.07 Å². The number of nitrogens with two attached hydrogens (primary N) is 1. The molecule has 1 aliphatic heterocycles. The van der Waals surface area contributed by atoms with Gasteiger partial charge in [0.15, 0.2) is 11.5 Å². The standard InChI is InChI=1S/C16H16N4O3/c1-8-13-14(9-4-5-11(21-2)12(6-9)22-3)10(7-17)15(18)23-16(13)20-19-8/h4-6,14H,18H2,1-3H3,(H,19,20)/t14-/m1/s1. The number of hydrogen-bond acceptors (Lipinski definition) is 6. The molecule has 0 radical (unpaired) electrons. The average molecular weight is 312 g/mol. The molecule has 0 spiro atoms. The highest BCUT2D eigenvalue weighted by Crippen LogP contribution is 2.44. The van der Waals surface area contributed by atoms with Gasteiger partial charge in [-0.05, 0) is 24.6 Å². The average Bonchev–Trinajstić information content (AvgIpc) is 2.93. The van der Waals surface area contributed by atoms with E-state index in [2.05, 4.69) is 16.3 Å². The lowest BCUT2D eigenvalue weighted by Gasteiger charge is -2.24. The maximum atomic E-state index is 9.52. The Kier molecular flexibility index (Phi) is 3.58. The van der Waals surface area contributed by atoms with Gasteiger partial charge in [-0.2, -0.15) is 5.26 Å². The van der Waals surface area contributed by atoms with Gasteiger partial charge in [-0.25, -0.2) is 0 Å². The third kappa shape index (κ3) is 2.25. The van der Waals surface area contributed by atoms with E-state index in [1.165, 1.54) is 0 Å². The number of rotatable bonds is 3. The Labute approximate surface area is 133 Å². The van der Waals surface area contributed by atoms with Gasteiger partial charge in [-0.15, -0.1) is 5.10 Å². The number of fused-ring (bicyclic) bond motifs is 1. The molecule has 0 bridgehead atoms. The van der Waals surface area contributed by atoms with Gasteiger partial charge in [0, 0.05) is 11.3 Å². The van der Waals surface area contributed by atoms with Crippen molar-refractivity contribution in [2.24, 2.45) is 5.73 Å². The van der Waals surface area contributed by atoms with E-state index in [0.29, 0.717) is 23.0 Å². The van der Waals surface area contributed by atoms with Gasteiger partial charge in [0.25, 0.3) is 0 Å². The maximum Gasteiger partial charge on any atom is 0.244 e. The zero-order valence-electron chi connectivity index (χ0n) is 13.0. The highest BCUT2D eigenvalue weighted by Gasteiger charge is 2.34. The monoisotopic (exact) mass is 312 g/mol. The Morgan fingerprint density at radius 1 is 1.30 bits per heavy atom. The molecule has 3 N–H and O–H groups in total. The summed E-state index contributed by atoms with van der Waals surface area (Å²) in [5.74, 6) is 1.27. The summed E-state index contributed by atoms with van der Waals surface area (Å²) in [6.45, 7) is 1.87. The van der Waals surface area contributed by atoms with Crippen LogP contribution in [-0.2, 0) is 0 Å². The predicted octanol–water partition coefficient (Wildman–Crippen LogP) is 1.95. The van der Waals surface area contributed by atoms with E-state index >= 15 is 0 Å². The number of nitrogens with one attached hydrogen (secondary N) is 1. The molecule has 3 rings (SSSR count). The molecule has 0 saturated heterocycles. The second kappa shape index (κ2) is 5.57. The largest absolute Gasteiger partial charge is 0.493 e. The Morgan fingerprint density at radius 2 is 2.04 bits per heavy atom. The molecule has 1 aromatic carbocycles. The van der Waals surface area contributed by atoms with Crippen molar-refractivity contribution in [3.63, 3.8) is 0 Å². The smallest absolute Gasteiger partial charge is 0.244 e. The van der Waals surface area contributed by atoms with Crippen LogP contribution in [0.2, 0.25) is 0 Å². The minimum atomic E-state index is -0.373. The molecule has 0 aliphatic carbocycles. The number of aromatic amines is 1. The first-order valence-electron chi connectivity index (χ1n) is 6.95. The van der Waals surface area contributed by atoms with Gasteiger partial charge in [0.1, 0.15) is 11.6 Å². The number of allylic oxidation sites excluding steroid dienone is 1. The van der Waals surface area contributed by atoms with Crippen LogP contribution in [0.3, 0.4) is 0 Å². The van der Waals surface area contributed by atoms with Gasteiger partial charge in [-0.3, -0.25) is 5.10 Å². The van der Waals surface area contributed by atoms with E-state index in [-0.39, 0.29) is 11.8 Å². The number of ether oxygens (including phenoxy) is 3. The summed E-state index contributed by atoms with van der Waals surface area (Å²) in [6.07, 6.45) is 0. The molecular weight excluding hydrogens is 296 g/mol. The molecule has 0 fully saturated rings. The zero-order chi connectivity index (χ0) is 16.6. The summed E-state index contributed by atoms with van der Waals surface area (Å²) in [6, 6.07) is 7.64. The Hall–Kier alpha value is -3.14. The molecule has 0 unspecified atom stereocenters. The minimum Gasteiger partial charge on any atom is -0.493 e. The number of methoxy groups -OCH3 is 2. The summed E-state index contributed by atoms with van der Waals surface area (Å²) in [5.41, 5.74) is 8.69. The van der Waals surface area contributed by atoms with Crippen LogP contribution in [0.5, 0.6) is 17.4 Å². The number of nitriles is 1. The third-order valence-electron chi connectivity index (χ3n) is 3.87. The lowest BCUT2D eigenvalue weighted by atomic mass is 9.84. The molecule has 0 saturated carbocycles. The van der Waals surface area contributed by atoms with Gasteiger partial charge >= 0.3 is 0 Å². The summed E-state index contributed by atoms with van der Waals surface area (Å²) in [5, 5.41) is 16.5. The van der Waals surface area contributed by atoms with E-state index in [9.17, 15) is 5.26 Å².